The highest BCUT2D eigenvalue weighted by atomic mass is 35.5. The number of aliphatic carboxylic acids is 1. The van der Waals surface area contributed by atoms with E-state index in [0.29, 0.717) is 51.4 Å². The number of hydrogen-bond donors (Lipinski definition) is 2. The number of nitrogens with zero attached hydrogens (tertiary/aromatic N) is 2. The van der Waals surface area contributed by atoms with Crippen molar-refractivity contribution >= 4 is 44.2 Å². The number of methoxy groups -OCH3 is 1. The summed E-state index contributed by atoms with van der Waals surface area (Å²) in [5.74, 6) is -1.92. The zero-order valence-electron chi connectivity index (χ0n) is 24.9. The van der Waals surface area contributed by atoms with Gasteiger partial charge in [-0.2, -0.15) is 8.78 Å². The first kappa shape index (κ1) is 33.3. The first-order valence-corrected chi connectivity index (χ1v) is 15.6. The molecule has 5 rings (SSSR count). The Morgan fingerprint density at radius 2 is 1.72 bits per heavy atom. The van der Waals surface area contributed by atoms with Crippen LogP contribution in [0, 0.1) is 10.8 Å². The molecule has 3 N–H and O–H groups in total. The number of rotatable bonds is 10. The third-order valence-electron chi connectivity index (χ3n) is 9.78. The average Bonchev–Trinajstić information content (AvgIpc) is 2.96. The summed E-state index contributed by atoms with van der Waals surface area (Å²) in [6, 6.07) is 4.38. The molecule has 2 bridgehead atoms. The zero-order chi connectivity index (χ0) is 31.8. The number of halogens is 3. The first-order valence-electron chi connectivity index (χ1n) is 14.7. The monoisotopic (exact) mass is 639 g/mol. The van der Waals surface area contributed by atoms with Gasteiger partial charge in [-0.1, -0.05) is 40.8 Å². The van der Waals surface area contributed by atoms with Gasteiger partial charge in [0, 0.05) is 12.2 Å². The summed E-state index contributed by atoms with van der Waals surface area (Å²) in [4.78, 5) is 45.7. The Morgan fingerprint density at radius 1 is 1.14 bits per heavy atom. The summed E-state index contributed by atoms with van der Waals surface area (Å²) in [7, 11) is 2.87. The van der Waals surface area contributed by atoms with Crippen LogP contribution in [0.15, 0.2) is 35.0 Å². The number of nitrogens with two attached hydrogens (primary N) is 1. The lowest BCUT2D eigenvalue weighted by atomic mass is 9.57. The maximum Gasteiger partial charge on any atom is 0.309 e. The van der Waals surface area contributed by atoms with Gasteiger partial charge in [-0.15, -0.1) is 0 Å². The second-order valence-electron chi connectivity index (χ2n) is 13.0. The van der Waals surface area contributed by atoms with Crippen LogP contribution in [0.1, 0.15) is 88.4 Å². The molecule has 0 aromatic heterocycles. The lowest BCUT2D eigenvalue weighted by molar-refractivity contribution is -0.155. The molecule has 0 spiro atoms. The number of benzene rings is 1. The number of carbonyl (C=O) groups is 3. The van der Waals surface area contributed by atoms with Crippen LogP contribution in [-0.2, 0) is 9.59 Å². The number of ether oxygens (including phenoxy) is 1. The quantitative estimate of drug-likeness (QED) is 0.135. The highest BCUT2D eigenvalue weighted by Crippen LogP contribution is 2.54. The normalized spacial score (nSPS) is 26.2. The lowest BCUT2D eigenvalue weighted by Crippen LogP contribution is -2.51. The smallest absolute Gasteiger partial charge is 0.309 e. The number of Topliss-reactive ketones (excluding diaryl/α,β-unsaturated/α-hetero) is 1. The van der Waals surface area contributed by atoms with Crippen molar-refractivity contribution in [2.45, 2.75) is 95.3 Å². The van der Waals surface area contributed by atoms with E-state index < -0.39 is 58.1 Å². The van der Waals surface area contributed by atoms with E-state index >= 15 is 8.78 Å². The molecule has 43 heavy (non-hydrogen) atoms. The Balaban J connectivity index is 1.71. The van der Waals surface area contributed by atoms with E-state index in [0.717, 1.165) is 19.0 Å². The molecular weight excluding hydrogens is 599 g/mol. The van der Waals surface area contributed by atoms with E-state index in [1.54, 1.807) is 18.2 Å². The first-order chi connectivity index (χ1) is 20.1. The van der Waals surface area contributed by atoms with Gasteiger partial charge in [0.15, 0.2) is 5.78 Å². The minimum Gasteiger partial charge on any atom is -0.496 e. The molecule has 0 heterocycles. The van der Waals surface area contributed by atoms with Gasteiger partial charge in [-0.25, -0.2) is 0 Å². The third-order valence-corrected chi connectivity index (χ3v) is 10.4. The van der Waals surface area contributed by atoms with Crippen molar-refractivity contribution in [2.75, 3.05) is 13.7 Å². The Morgan fingerprint density at radius 3 is 2.21 bits per heavy atom. The molecule has 1 atom stereocenters. The van der Waals surface area contributed by atoms with E-state index in [4.69, 9.17) is 22.1 Å². The van der Waals surface area contributed by atoms with Crippen LogP contribution in [0.4, 0.5) is 8.78 Å². The van der Waals surface area contributed by atoms with Crippen molar-refractivity contribution in [3.63, 3.8) is 0 Å². The summed E-state index contributed by atoms with van der Waals surface area (Å²) < 4.78 is 36.0. The molecule has 0 aliphatic heterocycles. The van der Waals surface area contributed by atoms with Crippen molar-refractivity contribution in [3.05, 3.63) is 40.6 Å². The van der Waals surface area contributed by atoms with E-state index in [-0.39, 0.29) is 21.8 Å². The Bertz CT molecular complexity index is 1310. The number of ketones is 1. The van der Waals surface area contributed by atoms with Crippen LogP contribution in [0.25, 0.3) is 0 Å². The molecule has 0 radical (unpaired) electrons. The standard InChI is InChI=1S/C31H41ClF2N3O5P/c1-28(2)9-7-19(8-10-28)37(18-22(38)24-21(32)5-4-6-23(24)42-3)26(39)20(17-35)25(31(33,34)43)36-30-14-11-29(12-15-30,13-16-30)27(40)41/h4-6,17,19H,7-16,18,35,43H2,1-3H3,(H,40,41). The molecule has 1 amide bonds. The van der Waals surface area contributed by atoms with E-state index in [2.05, 4.69) is 18.8 Å². The van der Waals surface area contributed by atoms with Gasteiger partial charge in [-0.05, 0) is 81.8 Å². The van der Waals surface area contributed by atoms with Gasteiger partial charge in [0.05, 0.1) is 40.8 Å². The lowest BCUT2D eigenvalue weighted by Gasteiger charge is -2.49. The number of hydrogen-bond acceptors (Lipinski definition) is 6. The predicted molar refractivity (Wildman–Crippen MR) is 165 cm³/mol. The second-order valence-corrected chi connectivity index (χ2v) is 14.2. The maximum atomic E-state index is 15.3. The van der Waals surface area contributed by atoms with Crippen LogP contribution in [0.2, 0.25) is 5.02 Å². The molecule has 4 aliphatic carbocycles. The molecular formula is C31H41ClF2N3O5P. The third kappa shape index (κ3) is 6.90. The van der Waals surface area contributed by atoms with Gasteiger partial charge in [0.1, 0.15) is 11.5 Å². The van der Waals surface area contributed by atoms with Crippen LogP contribution < -0.4 is 10.5 Å². The topological polar surface area (TPSA) is 122 Å². The van der Waals surface area contributed by atoms with E-state index in [9.17, 15) is 19.5 Å². The average molecular weight is 640 g/mol. The molecule has 4 fully saturated rings. The highest BCUT2D eigenvalue weighted by Gasteiger charge is 2.54. The molecule has 4 saturated carbocycles. The maximum absolute atomic E-state index is 15.3. The van der Waals surface area contributed by atoms with Crippen molar-refractivity contribution < 1.29 is 33.0 Å². The van der Waals surface area contributed by atoms with Gasteiger partial charge < -0.3 is 20.5 Å². The van der Waals surface area contributed by atoms with Gasteiger partial charge in [0.25, 0.3) is 5.91 Å². The van der Waals surface area contributed by atoms with Gasteiger partial charge in [-0.3, -0.25) is 19.4 Å². The minimum atomic E-state index is -3.61. The summed E-state index contributed by atoms with van der Waals surface area (Å²) in [6.45, 7) is 3.85. The Kier molecular flexibility index (Phi) is 9.63. The highest BCUT2D eigenvalue weighted by molar-refractivity contribution is 7.20. The summed E-state index contributed by atoms with van der Waals surface area (Å²) in [5, 5.41) is 9.90. The fourth-order valence-corrected chi connectivity index (χ4v) is 7.34. The molecule has 4 aliphatic rings. The molecule has 12 heteroatoms. The fraction of sp³-hybridized carbons (Fsp3) is 0.613. The van der Waals surface area contributed by atoms with Crippen molar-refractivity contribution in [3.8, 4) is 5.75 Å². The summed E-state index contributed by atoms with van der Waals surface area (Å²) in [6.07, 6.45) is 5.52. The van der Waals surface area contributed by atoms with E-state index in [1.807, 2.05) is 0 Å². The number of amides is 1. The zero-order valence-corrected chi connectivity index (χ0v) is 26.8. The Hall–Kier alpha value is -2.58. The largest absolute Gasteiger partial charge is 0.496 e. The van der Waals surface area contributed by atoms with Crippen LogP contribution in [0.3, 0.4) is 0 Å². The number of carboxylic acid groups (broad SMARTS) is 1. The number of carboxylic acids is 1. The predicted octanol–water partition coefficient (Wildman–Crippen LogP) is 6.26. The summed E-state index contributed by atoms with van der Waals surface area (Å²) >= 11 is 6.37. The molecule has 236 valence electrons. The van der Waals surface area contributed by atoms with Crippen molar-refractivity contribution in [1.29, 1.82) is 0 Å². The van der Waals surface area contributed by atoms with Gasteiger partial charge >= 0.3 is 11.6 Å². The van der Waals surface area contributed by atoms with Crippen LogP contribution in [-0.4, -0.2) is 64.3 Å². The van der Waals surface area contributed by atoms with Gasteiger partial charge in [0.2, 0.25) is 0 Å². The molecule has 1 aromatic rings. The molecule has 0 saturated heterocycles. The van der Waals surface area contributed by atoms with Crippen LogP contribution >= 0.6 is 20.8 Å². The number of carbonyl (C=O) groups excluding carboxylic acids is 2. The fourth-order valence-electron chi connectivity index (χ4n) is 6.85. The summed E-state index contributed by atoms with van der Waals surface area (Å²) in [5.41, 5.74) is -0.548. The SMILES string of the molecule is COc1cccc(Cl)c1C(=O)CN(C(=O)C(=CN)C(=NC12CCC(C(=O)O)(CC1)CC2)C(F)(F)P)C1CCC(C)(C)CC1. The van der Waals surface area contributed by atoms with Crippen molar-refractivity contribution in [1.82, 2.24) is 4.90 Å². The van der Waals surface area contributed by atoms with E-state index in [1.165, 1.54) is 21.2 Å². The molecule has 8 nitrogen and oxygen atoms in total. The second kappa shape index (κ2) is 12.4. The molecule has 1 aromatic carbocycles. The minimum absolute atomic E-state index is 0.0414. The van der Waals surface area contributed by atoms with Crippen LogP contribution in [0.5, 0.6) is 5.75 Å². The number of alkyl halides is 2. The number of fused-ring (bicyclic) bond motifs is 3. The number of aliphatic imine (C=N–C) groups is 1. The Labute approximate surface area is 258 Å². The molecule has 1 unspecified atom stereocenters. The van der Waals surface area contributed by atoms with Crippen molar-refractivity contribution in [2.24, 2.45) is 21.6 Å².